The Morgan fingerprint density at radius 3 is 2.78 bits per heavy atom. The van der Waals surface area contributed by atoms with Gasteiger partial charge in [-0.3, -0.25) is 5.32 Å². The van der Waals surface area contributed by atoms with Gasteiger partial charge in [-0.25, -0.2) is 9.48 Å². The largest absolute Gasteiger partial charge is 0.390 e. The van der Waals surface area contributed by atoms with Crippen LogP contribution in [0.15, 0.2) is 36.5 Å². The number of amides is 2. The molecule has 0 fully saturated rings. The molecule has 0 bridgehead atoms. The number of urea groups is 1. The Balaban J connectivity index is 1.73. The van der Waals surface area contributed by atoms with Gasteiger partial charge in [0.1, 0.15) is 5.82 Å². The zero-order valence-corrected chi connectivity index (χ0v) is 13.6. The van der Waals surface area contributed by atoms with E-state index in [0.29, 0.717) is 12.2 Å². The van der Waals surface area contributed by atoms with Gasteiger partial charge >= 0.3 is 6.03 Å². The zero-order valence-electron chi connectivity index (χ0n) is 13.6. The third kappa shape index (κ3) is 3.07. The molecule has 0 radical (unpaired) electrons. The molecule has 0 saturated carbocycles. The van der Waals surface area contributed by atoms with E-state index in [2.05, 4.69) is 15.7 Å². The molecule has 0 saturated heterocycles. The summed E-state index contributed by atoms with van der Waals surface area (Å²) in [5.41, 5.74) is 1.82. The number of hydrogen-bond acceptors (Lipinski definition) is 3. The summed E-state index contributed by atoms with van der Waals surface area (Å²) in [5.74, 6) is 0.621. The van der Waals surface area contributed by atoms with Crippen molar-refractivity contribution in [2.75, 3.05) is 5.32 Å². The number of benzene rings is 1. The van der Waals surface area contributed by atoms with E-state index in [9.17, 15) is 9.90 Å². The molecule has 6 nitrogen and oxygen atoms in total. The van der Waals surface area contributed by atoms with Gasteiger partial charge in [-0.1, -0.05) is 24.3 Å². The average molecular weight is 314 g/mol. The minimum Gasteiger partial charge on any atom is -0.390 e. The first kappa shape index (κ1) is 15.6. The predicted octanol–water partition coefficient (Wildman–Crippen LogP) is 2.42. The van der Waals surface area contributed by atoms with E-state index < -0.39 is 12.1 Å². The van der Waals surface area contributed by atoms with Gasteiger partial charge < -0.3 is 10.4 Å². The molecular weight excluding hydrogens is 292 g/mol. The standard InChI is InChI=1S/C17H22N4O2/c1-17(2,3)21-14(8-9-18-21)19-16(23)20-15-12-7-5-4-6-11(12)10-13(15)22/h4-9,13,15,22H,10H2,1-3H3,(H2,19,20,23)/t13-,15-/m1/s1. The number of hydrogen-bond donors (Lipinski definition) is 3. The Morgan fingerprint density at radius 2 is 2.04 bits per heavy atom. The highest BCUT2D eigenvalue weighted by Gasteiger charge is 2.32. The van der Waals surface area contributed by atoms with Gasteiger partial charge in [0, 0.05) is 12.5 Å². The molecule has 2 atom stereocenters. The van der Waals surface area contributed by atoms with Crippen LogP contribution in [-0.4, -0.2) is 27.0 Å². The molecule has 1 aliphatic rings. The topological polar surface area (TPSA) is 79.2 Å². The van der Waals surface area contributed by atoms with Crippen LogP contribution in [0.2, 0.25) is 0 Å². The Hall–Kier alpha value is -2.34. The molecule has 2 aromatic rings. The van der Waals surface area contributed by atoms with Crippen molar-refractivity contribution in [1.29, 1.82) is 0 Å². The molecule has 23 heavy (non-hydrogen) atoms. The molecule has 2 amide bonds. The van der Waals surface area contributed by atoms with Crippen LogP contribution >= 0.6 is 0 Å². The number of carbonyl (C=O) groups is 1. The number of nitrogens with zero attached hydrogens (tertiary/aromatic N) is 2. The van der Waals surface area contributed by atoms with Gasteiger partial charge in [-0.05, 0) is 31.9 Å². The summed E-state index contributed by atoms with van der Waals surface area (Å²) >= 11 is 0. The summed E-state index contributed by atoms with van der Waals surface area (Å²) < 4.78 is 1.76. The zero-order chi connectivity index (χ0) is 16.6. The first-order valence-corrected chi connectivity index (χ1v) is 7.74. The molecule has 6 heteroatoms. The third-order valence-electron chi connectivity index (χ3n) is 4.01. The second-order valence-corrected chi connectivity index (χ2v) is 6.85. The lowest BCUT2D eigenvalue weighted by Gasteiger charge is -2.23. The van der Waals surface area contributed by atoms with Crippen molar-refractivity contribution in [3.63, 3.8) is 0 Å². The number of aliphatic hydroxyl groups is 1. The first-order valence-electron chi connectivity index (χ1n) is 7.74. The van der Waals surface area contributed by atoms with E-state index in [1.165, 1.54) is 0 Å². The smallest absolute Gasteiger partial charge is 0.320 e. The van der Waals surface area contributed by atoms with E-state index in [1.54, 1.807) is 16.9 Å². The molecule has 1 heterocycles. The van der Waals surface area contributed by atoms with Gasteiger partial charge in [-0.15, -0.1) is 0 Å². The fourth-order valence-corrected chi connectivity index (χ4v) is 2.97. The first-order chi connectivity index (χ1) is 10.9. The highest BCUT2D eigenvalue weighted by Crippen LogP contribution is 2.31. The molecule has 0 spiro atoms. The average Bonchev–Trinajstić information content (AvgIpc) is 3.04. The van der Waals surface area contributed by atoms with Gasteiger partial charge in [0.15, 0.2) is 0 Å². The lowest BCUT2D eigenvalue weighted by molar-refractivity contribution is 0.144. The van der Waals surface area contributed by atoms with Crippen molar-refractivity contribution in [3.05, 3.63) is 47.7 Å². The Kier molecular flexibility index (Phi) is 3.85. The van der Waals surface area contributed by atoms with E-state index in [1.807, 2.05) is 45.0 Å². The Bertz CT molecular complexity index is 717. The van der Waals surface area contributed by atoms with Crippen LogP contribution < -0.4 is 10.6 Å². The van der Waals surface area contributed by atoms with E-state index in [4.69, 9.17) is 0 Å². The van der Waals surface area contributed by atoms with Crippen molar-refractivity contribution in [2.24, 2.45) is 0 Å². The Morgan fingerprint density at radius 1 is 1.30 bits per heavy atom. The SMILES string of the molecule is CC(C)(C)n1nccc1NC(=O)N[C@@H]1c2ccccc2C[C@H]1O. The van der Waals surface area contributed by atoms with Crippen molar-refractivity contribution in [1.82, 2.24) is 15.1 Å². The van der Waals surface area contributed by atoms with Crippen LogP contribution in [-0.2, 0) is 12.0 Å². The summed E-state index contributed by atoms with van der Waals surface area (Å²) in [4.78, 5) is 12.3. The second-order valence-electron chi connectivity index (χ2n) is 6.85. The minimum absolute atomic E-state index is 0.231. The lowest BCUT2D eigenvalue weighted by Crippen LogP contribution is -2.38. The molecular formula is C17H22N4O2. The summed E-state index contributed by atoms with van der Waals surface area (Å²) in [7, 11) is 0. The van der Waals surface area contributed by atoms with Crippen LogP contribution in [0.25, 0.3) is 0 Å². The fourth-order valence-electron chi connectivity index (χ4n) is 2.97. The summed E-state index contributed by atoms with van der Waals surface area (Å²) in [5, 5.41) is 20.1. The minimum atomic E-state index is -0.606. The quantitative estimate of drug-likeness (QED) is 0.796. The molecule has 122 valence electrons. The van der Waals surface area contributed by atoms with Gasteiger partial charge in [0.25, 0.3) is 0 Å². The van der Waals surface area contributed by atoms with E-state index in [-0.39, 0.29) is 11.6 Å². The maximum Gasteiger partial charge on any atom is 0.320 e. The number of carbonyl (C=O) groups excluding carboxylic acids is 1. The number of anilines is 1. The lowest BCUT2D eigenvalue weighted by atomic mass is 10.1. The van der Waals surface area contributed by atoms with Crippen LogP contribution in [0.1, 0.15) is 37.9 Å². The van der Waals surface area contributed by atoms with Crippen molar-refractivity contribution < 1.29 is 9.90 Å². The van der Waals surface area contributed by atoms with Crippen molar-refractivity contribution in [3.8, 4) is 0 Å². The van der Waals surface area contributed by atoms with Crippen LogP contribution in [0.5, 0.6) is 0 Å². The fraction of sp³-hybridized carbons (Fsp3) is 0.412. The molecule has 3 rings (SSSR count). The van der Waals surface area contributed by atoms with Gasteiger partial charge in [-0.2, -0.15) is 5.10 Å². The number of nitrogens with one attached hydrogen (secondary N) is 2. The molecule has 1 aromatic carbocycles. The number of fused-ring (bicyclic) bond motifs is 1. The summed E-state index contributed by atoms with van der Waals surface area (Å²) in [6.07, 6.45) is 1.60. The van der Waals surface area contributed by atoms with Crippen LogP contribution in [0.3, 0.4) is 0 Å². The molecule has 0 unspecified atom stereocenters. The van der Waals surface area contributed by atoms with Crippen molar-refractivity contribution in [2.45, 2.75) is 44.9 Å². The van der Waals surface area contributed by atoms with E-state index >= 15 is 0 Å². The molecule has 1 aromatic heterocycles. The van der Waals surface area contributed by atoms with Gasteiger partial charge in [0.2, 0.25) is 0 Å². The summed E-state index contributed by atoms with van der Waals surface area (Å²) in [6, 6.07) is 8.79. The number of aromatic nitrogens is 2. The monoisotopic (exact) mass is 314 g/mol. The third-order valence-corrected chi connectivity index (χ3v) is 4.01. The predicted molar refractivity (Wildman–Crippen MR) is 88.3 cm³/mol. The maximum absolute atomic E-state index is 12.3. The highest BCUT2D eigenvalue weighted by molar-refractivity contribution is 5.88. The maximum atomic E-state index is 12.3. The second kappa shape index (κ2) is 5.70. The normalized spacial score (nSPS) is 20.2. The molecule has 0 aliphatic heterocycles. The van der Waals surface area contributed by atoms with Gasteiger partial charge in [0.05, 0.1) is 23.9 Å². The van der Waals surface area contributed by atoms with Crippen LogP contribution in [0.4, 0.5) is 10.6 Å². The highest BCUT2D eigenvalue weighted by atomic mass is 16.3. The number of rotatable bonds is 2. The molecule has 1 aliphatic carbocycles. The summed E-state index contributed by atoms with van der Waals surface area (Å²) in [6.45, 7) is 6.04. The van der Waals surface area contributed by atoms with Crippen molar-refractivity contribution >= 4 is 11.8 Å². The number of aliphatic hydroxyl groups excluding tert-OH is 1. The van der Waals surface area contributed by atoms with Crippen LogP contribution in [0, 0.1) is 0 Å². The Labute approximate surface area is 135 Å². The van der Waals surface area contributed by atoms with E-state index in [0.717, 1.165) is 11.1 Å². The molecule has 3 N–H and O–H groups in total.